The lowest BCUT2D eigenvalue weighted by atomic mass is 10.1. The second kappa shape index (κ2) is 4.47. The van der Waals surface area contributed by atoms with Crippen LogP contribution in [0, 0.1) is 0 Å². The van der Waals surface area contributed by atoms with Gasteiger partial charge in [0.2, 0.25) is 11.1 Å². The third-order valence-corrected chi connectivity index (χ3v) is 2.24. The zero-order chi connectivity index (χ0) is 11.5. The van der Waals surface area contributed by atoms with Crippen molar-refractivity contribution in [3.8, 4) is 0 Å². The largest absolute Gasteiger partial charge is 0.351 e. The van der Waals surface area contributed by atoms with E-state index in [9.17, 15) is 4.79 Å². The summed E-state index contributed by atoms with van der Waals surface area (Å²) in [6.07, 6.45) is 0. The smallest absolute Gasteiger partial charge is 0.230 e. The number of nitrogens with two attached hydrogens (primary N) is 1. The van der Waals surface area contributed by atoms with E-state index in [4.69, 9.17) is 5.84 Å². The van der Waals surface area contributed by atoms with Gasteiger partial charge in [0.05, 0.1) is 5.75 Å². The number of hydrogen-bond donors (Lipinski definition) is 2. The second-order valence-electron chi connectivity index (χ2n) is 3.99. The van der Waals surface area contributed by atoms with Crippen LogP contribution >= 0.6 is 11.8 Å². The molecule has 0 aromatic carbocycles. The monoisotopic (exact) mass is 230 g/mol. The molecule has 0 aliphatic rings. The van der Waals surface area contributed by atoms with Gasteiger partial charge in [0.1, 0.15) is 0 Å². The summed E-state index contributed by atoms with van der Waals surface area (Å²) in [4.78, 5) is 12.5. The Balaban J connectivity index is 2.38. The number of nitrogens with one attached hydrogen (secondary N) is 1. The Morgan fingerprint density at radius 3 is 2.73 bits per heavy atom. The van der Waals surface area contributed by atoms with E-state index in [1.165, 1.54) is 11.8 Å². The van der Waals surface area contributed by atoms with Gasteiger partial charge in [0, 0.05) is 5.54 Å². The molecule has 1 amide bonds. The van der Waals surface area contributed by atoms with Gasteiger partial charge >= 0.3 is 0 Å². The molecule has 1 aromatic rings. The predicted octanol–water partition coefficient (Wildman–Crippen LogP) is -0.606. The van der Waals surface area contributed by atoms with Crippen molar-refractivity contribution in [2.24, 2.45) is 0 Å². The average Bonchev–Trinajstić information content (AvgIpc) is 2.44. The highest BCUT2D eigenvalue weighted by Gasteiger charge is 2.14. The Morgan fingerprint density at radius 1 is 1.60 bits per heavy atom. The molecule has 8 heteroatoms. The molecule has 1 heterocycles. The summed E-state index contributed by atoms with van der Waals surface area (Å²) in [7, 11) is 0. The normalized spacial score (nSPS) is 11.4. The lowest BCUT2D eigenvalue weighted by Gasteiger charge is -2.19. The molecule has 0 saturated carbocycles. The molecule has 0 fully saturated rings. The zero-order valence-corrected chi connectivity index (χ0v) is 9.71. The van der Waals surface area contributed by atoms with Gasteiger partial charge in [-0.2, -0.15) is 0 Å². The van der Waals surface area contributed by atoms with Crippen molar-refractivity contribution in [2.75, 3.05) is 11.6 Å². The molecule has 3 N–H and O–H groups in total. The quantitative estimate of drug-likeness (QED) is 0.531. The number of hydrogen-bond acceptors (Lipinski definition) is 6. The number of carbonyl (C=O) groups excluding carboxylic acids is 1. The van der Waals surface area contributed by atoms with E-state index in [-0.39, 0.29) is 17.2 Å². The van der Waals surface area contributed by atoms with Crippen molar-refractivity contribution in [1.29, 1.82) is 0 Å². The van der Waals surface area contributed by atoms with Crippen LogP contribution in [0.1, 0.15) is 20.8 Å². The first-order valence-corrected chi connectivity index (χ1v) is 5.34. The third-order valence-electron chi connectivity index (χ3n) is 1.31. The number of thioether (sulfide) groups is 1. The van der Waals surface area contributed by atoms with Crippen molar-refractivity contribution in [1.82, 2.24) is 25.6 Å². The van der Waals surface area contributed by atoms with E-state index in [0.717, 1.165) is 4.79 Å². The van der Waals surface area contributed by atoms with Crippen LogP contribution in [0.5, 0.6) is 0 Å². The highest BCUT2D eigenvalue weighted by molar-refractivity contribution is 7.99. The van der Waals surface area contributed by atoms with Gasteiger partial charge < -0.3 is 11.2 Å². The fourth-order valence-corrected chi connectivity index (χ4v) is 1.46. The molecule has 0 aliphatic heterocycles. The molecular weight excluding hydrogens is 216 g/mol. The first-order valence-electron chi connectivity index (χ1n) is 4.36. The van der Waals surface area contributed by atoms with E-state index >= 15 is 0 Å². The lowest BCUT2D eigenvalue weighted by molar-refractivity contribution is -0.119. The summed E-state index contributed by atoms with van der Waals surface area (Å²) < 4.78 is 0. The van der Waals surface area contributed by atoms with Gasteiger partial charge in [0.25, 0.3) is 0 Å². The number of nitrogen functional groups attached to an aromatic ring is 1. The van der Waals surface area contributed by atoms with Crippen molar-refractivity contribution >= 4 is 17.7 Å². The average molecular weight is 230 g/mol. The Hall–Kier alpha value is -1.31. The number of aromatic nitrogens is 4. The standard InChI is InChI=1S/C7H14N6OS/c1-7(2,3)9-5(14)4-15-6-10-11-12-13(6)8/h4,8H2,1-3H3,(H,9,14). The van der Waals surface area contributed by atoms with Crippen molar-refractivity contribution in [3.63, 3.8) is 0 Å². The summed E-state index contributed by atoms with van der Waals surface area (Å²) in [5.74, 6) is 5.55. The molecule has 0 bridgehead atoms. The van der Waals surface area contributed by atoms with Gasteiger partial charge in [-0.1, -0.05) is 16.9 Å². The Kier molecular flexibility index (Phi) is 3.51. The molecule has 0 aliphatic carbocycles. The van der Waals surface area contributed by atoms with Gasteiger partial charge in [-0.3, -0.25) is 4.79 Å². The van der Waals surface area contributed by atoms with Gasteiger partial charge in [0.15, 0.2) is 0 Å². The molecular formula is C7H14N6OS. The van der Waals surface area contributed by atoms with Crippen LogP contribution in [0.4, 0.5) is 0 Å². The molecule has 0 atom stereocenters. The minimum Gasteiger partial charge on any atom is -0.351 e. The van der Waals surface area contributed by atoms with E-state index in [1.54, 1.807) is 0 Å². The Bertz CT molecular complexity index is 343. The predicted molar refractivity (Wildman–Crippen MR) is 56.6 cm³/mol. The summed E-state index contributed by atoms with van der Waals surface area (Å²) in [6.45, 7) is 5.76. The summed E-state index contributed by atoms with van der Waals surface area (Å²) in [6, 6.07) is 0. The number of amides is 1. The molecule has 1 aromatic heterocycles. The maximum Gasteiger partial charge on any atom is 0.230 e. The number of tetrazole rings is 1. The fourth-order valence-electron chi connectivity index (χ4n) is 0.865. The number of nitrogens with zero attached hydrogens (tertiary/aromatic N) is 4. The van der Waals surface area contributed by atoms with Gasteiger partial charge in [-0.15, -0.1) is 4.79 Å². The summed E-state index contributed by atoms with van der Waals surface area (Å²) in [5.41, 5.74) is -0.230. The number of carbonyl (C=O) groups is 1. The fraction of sp³-hybridized carbons (Fsp3) is 0.714. The minimum atomic E-state index is -0.230. The summed E-state index contributed by atoms with van der Waals surface area (Å²) in [5, 5.41) is 13.7. The maximum absolute atomic E-state index is 11.4. The highest BCUT2D eigenvalue weighted by Crippen LogP contribution is 2.11. The van der Waals surface area contributed by atoms with E-state index in [2.05, 4.69) is 20.8 Å². The Labute approximate surface area is 91.7 Å². The van der Waals surface area contributed by atoms with Crippen molar-refractivity contribution in [2.45, 2.75) is 31.5 Å². The lowest BCUT2D eigenvalue weighted by Crippen LogP contribution is -2.41. The topological polar surface area (TPSA) is 98.7 Å². The molecule has 15 heavy (non-hydrogen) atoms. The molecule has 0 unspecified atom stereocenters. The minimum absolute atomic E-state index is 0.0736. The van der Waals surface area contributed by atoms with E-state index < -0.39 is 0 Å². The van der Waals surface area contributed by atoms with E-state index in [0.29, 0.717) is 5.16 Å². The van der Waals surface area contributed by atoms with Crippen LogP contribution in [-0.4, -0.2) is 37.5 Å². The van der Waals surface area contributed by atoms with Crippen molar-refractivity contribution < 1.29 is 4.79 Å². The zero-order valence-electron chi connectivity index (χ0n) is 8.89. The molecule has 1 rings (SSSR count). The first kappa shape index (κ1) is 11.8. The van der Waals surface area contributed by atoms with Crippen LogP contribution in [0.15, 0.2) is 5.16 Å². The summed E-state index contributed by atoms with van der Waals surface area (Å²) >= 11 is 1.19. The van der Waals surface area contributed by atoms with E-state index in [1.807, 2.05) is 20.8 Å². The van der Waals surface area contributed by atoms with Crippen LogP contribution < -0.4 is 11.2 Å². The molecule has 0 radical (unpaired) electrons. The SMILES string of the molecule is CC(C)(C)NC(=O)CSc1nnnn1N. The van der Waals surface area contributed by atoms with Crippen LogP contribution in [0.25, 0.3) is 0 Å². The van der Waals surface area contributed by atoms with Crippen LogP contribution in [-0.2, 0) is 4.79 Å². The van der Waals surface area contributed by atoms with Crippen LogP contribution in [0.3, 0.4) is 0 Å². The van der Waals surface area contributed by atoms with Crippen molar-refractivity contribution in [3.05, 3.63) is 0 Å². The third kappa shape index (κ3) is 4.15. The number of rotatable bonds is 3. The second-order valence-corrected chi connectivity index (χ2v) is 4.94. The molecule has 0 spiro atoms. The maximum atomic E-state index is 11.4. The van der Waals surface area contributed by atoms with Gasteiger partial charge in [-0.25, -0.2) is 0 Å². The first-order chi connectivity index (χ1) is 6.88. The molecule has 0 saturated heterocycles. The highest BCUT2D eigenvalue weighted by atomic mass is 32.2. The Morgan fingerprint density at radius 2 is 2.27 bits per heavy atom. The molecule has 84 valence electrons. The van der Waals surface area contributed by atoms with Crippen LogP contribution in [0.2, 0.25) is 0 Å². The molecule has 7 nitrogen and oxygen atoms in total. The van der Waals surface area contributed by atoms with Gasteiger partial charge in [-0.05, 0) is 31.2 Å².